The van der Waals surface area contributed by atoms with Crippen molar-refractivity contribution in [2.45, 2.75) is 55.4 Å². The largest absolute Gasteiger partial charge is 1.00 e. The second-order valence-electron chi connectivity index (χ2n) is 5.97. The third-order valence-electron chi connectivity index (χ3n) is 1.98. The van der Waals surface area contributed by atoms with Gasteiger partial charge in [-0.05, 0) is 0 Å². The van der Waals surface area contributed by atoms with E-state index < -0.39 is 23.9 Å². The van der Waals surface area contributed by atoms with Gasteiger partial charge in [-0.15, -0.1) is 0 Å². The molecule has 0 amide bonds. The summed E-state index contributed by atoms with van der Waals surface area (Å²) in [6.07, 6.45) is 0. The molecular formula is C16H33O8Zn+. The van der Waals surface area contributed by atoms with Gasteiger partial charge in [-0.2, -0.15) is 0 Å². The number of hydrogen-bond donors (Lipinski definition) is 4. The van der Waals surface area contributed by atoms with Crippen LogP contribution in [0.25, 0.3) is 0 Å². The number of rotatable bonds is 4. The van der Waals surface area contributed by atoms with E-state index in [2.05, 4.69) is 0 Å². The Morgan fingerprint density at radius 3 is 0.520 bits per heavy atom. The molecule has 0 saturated carbocycles. The van der Waals surface area contributed by atoms with Gasteiger partial charge < -0.3 is 20.4 Å². The Hall–Kier alpha value is -1.50. The molecule has 0 aromatic carbocycles. The molecule has 0 unspecified atom stereocenters. The van der Waals surface area contributed by atoms with Gasteiger partial charge in [0.1, 0.15) is 0 Å². The van der Waals surface area contributed by atoms with Crippen LogP contribution in [0.15, 0.2) is 0 Å². The molecule has 0 radical (unpaired) electrons. The van der Waals surface area contributed by atoms with Gasteiger partial charge in [-0.25, -0.2) is 0 Å². The Kier molecular flexibility index (Phi) is 28.6. The first-order valence-electron chi connectivity index (χ1n) is 7.48. The summed E-state index contributed by atoms with van der Waals surface area (Å²) in [5, 5.41) is 32.0. The quantitative estimate of drug-likeness (QED) is 0.509. The van der Waals surface area contributed by atoms with E-state index in [9.17, 15) is 19.2 Å². The molecule has 0 heterocycles. The molecular weight excluding hydrogens is 386 g/mol. The van der Waals surface area contributed by atoms with Gasteiger partial charge in [-0.1, -0.05) is 55.4 Å². The van der Waals surface area contributed by atoms with E-state index in [1.54, 1.807) is 55.4 Å². The van der Waals surface area contributed by atoms with Crippen molar-refractivity contribution in [3.05, 3.63) is 0 Å². The Labute approximate surface area is 163 Å². The zero-order chi connectivity index (χ0) is 20.6. The molecule has 0 spiro atoms. The van der Waals surface area contributed by atoms with Gasteiger partial charge >= 0.3 is 25.3 Å². The summed E-state index contributed by atoms with van der Waals surface area (Å²) in [6.45, 7) is 13.1. The fourth-order valence-corrected chi connectivity index (χ4v) is 0. The SMILES string of the molecule is CC(C)C(=O)O.CC(C)C(=O)O.CC(C)C(=O)O.CC(C)C(=O)O.[H+].[Zn]. The number of carboxylic acid groups (broad SMARTS) is 4. The molecule has 146 valence electrons. The maximum atomic E-state index is 9.70. The second kappa shape index (κ2) is 20.5. The average Bonchev–Trinajstić information content (AvgIpc) is 2.40. The summed E-state index contributed by atoms with van der Waals surface area (Å²) in [5.74, 6) is -3.89. The third-order valence-corrected chi connectivity index (χ3v) is 1.98. The van der Waals surface area contributed by atoms with Crippen LogP contribution in [0.4, 0.5) is 0 Å². The fourth-order valence-electron chi connectivity index (χ4n) is 0. The standard InChI is InChI=1S/4C4H8O2.Zn/c4*1-3(2)4(5)6;/h4*3H,1-2H3,(H,5,6);/p+1. The summed E-state index contributed by atoms with van der Waals surface area (Å²) in [7, 11) is 0. The monoisotopic (exact) mass is 417 g/mol. The summed E-state index contributed by atoms with van der Waals surface area (Å²) < 4.78 is 0. The zero-order valence-electron chi connectivity index (χ0n) is 17.4. The van der Waals surface area contributed by atoms with E-state index in [0.717, 1.165) is 0 Å². The van der Waals surface area contributed by atoms with Crippen LogP contribution in [0.3, 0.4) is 0 Å². The predicted molar refractivity (Wildman–Crippen MR) is 91.0 cm³/mol. The number of hydrogen-bond acceptors (Lipinski definition) is 4. The van der Waals surface area contributed by atoms with Gasteiger partial charge in [0.25, 0.3) is 0 Å². The first-order chi connectivity index (χ1) is 10.6. The fraction of sp³-hybridized carbons (Fsp3) is 0.750. The second-order valence-corrected chi connectivity index (χ2v) is 5.97. The van der Waals surface area contributed by atoms with Gasteiger partial charge in [0, 0.05) is 19.5 Å². The minimum Gasteiger partial charge on any atom is -0.481 e. The van der Waals surface area contributed by atoms with Gasteiger partial charge in [0.15, 0.2) is 0 Å². The first kappa shape index (κ1) is 34.8. The molecule has 0 saturated heterocycles. The average molecular weight is 419 g/mol. The minimum absolute atomic E-state index is 0. The van der Waals surface area contributed by atoms with Crippen molar-refractivity contribution in [1.82, 2.24) is 0 Å². The predicted octanol–water partition coefficient (Wildman–Crippen LogP) is 3.02. The molecule has 0 atom stereocenters. The van der Waals surface area contributed by atoms with Crippen LogP contribution in [0.5, 0.6) is 0 Å². The Morgan fingerprint density at radius 2 is 0.520 bits per heavy atom. The van der Waals surface area contributed by atoms with Crippen molar-refractivity contribution in [3.63, 3.8) is 0 Å². The van der Waals surface area contributed by atoms with Gasteiger partial charge in [0.2, 0.25) is 0 Å². The van der Waals surface area contributed by atoms with Crippen LogP contribution in [0.2, 0.25) is 0 Å². The first-order valence-corrected chi connectivity index (χ1v) is 7.48. The van der Waals surface area contributed by atoms with E-state index >= 15 is 0 Å². The number of carboxylic acids is 4. The molecule has 0 rings (SSSR count). The molecule has 0 bridgehead atoms. The van der Waals surface area contributed by atoms with E-state index in [1.807, 2.05) is 0 Å². The van der Waals surface area contributed by atoms with Gasteiger partial charge in [0.05, 0.1) is 23.7 Å². The van der Waals surface area contributed by atoms with Crippen LogP contribution in [0, 0.1) is 23.7 Å². The Bertz CT molecular complexity index is 310. The van der Waals surface area contributed by atoms with Crippen LogP contribution in [0.1, 0.15) is 56.8 Å². The smallest absolute Gasteiger partial charge is 0.481 e. The number of aliphatic carboxylic acids is 4. The van der Waals surface area contributed by atoms with Crippen molar-refractivity contribution < 1.29 is 60.5 Å². The van der Waals surface area contributed by atoms with E-state index in [0.29, 0.717) is 0 Å². The maximum Gasteiger partial charge on any atom is 1.00 e. The Morgan fingerprint density at radius 1 is 0.480 bits per heavy atom. The molecule has 4 N–H and O–H groups in total. The summed E-state index contributed by atoms with van der Waals surface area (Å²) >= 11 is 0. The van der Waals surface area contributed by atoms with Crippen LogP contribution in [-0.2, 0) is 38.7 Å². The van der Waals surface area contributed by atoms with Gasteiger partial charge in [-0.3, -0.25) is 19.2 Å². The summed E-state index contributed by atoms with van der Waals surface area (Å²) in [6, 6.07) is 0. The van der Waals surface area contributed by atoms with Crippen molar-refractivity contribution in [2.75, 3.05) is 0 Å². The van der Waals surface area contributed by atoms with Crippen LogP contribution >= 0.6 is 0 Å². The molecule has 0 aliphatic heterocycles. The molecule has 8 nitrogen and oxygen atoms in total. The van der Waals surface area contributed by atoms with Crippen LogP contribution < -0.4 is 0 Å². The maximum absolute atomic E-state index is 9.70. The van der Waals surface area contributed by atoms with Crippen LogP contribution in [-0.4, -0.2) is 44.3 Å². The van der Waals surface area contributed by atoms with E-state index in [-0.39, 0.29) is 44.6 Å². The topological polar surface area (TPSA) is 149 Å². The molecule has 0 fully saturated rings. The van der Waals surface area contributed by atoms with Crippen molar-refractivity contribution >= 4 is 23.9 Å². The molecule has 0 aromatic rings. The summed E-state index contributed by atoms with van der Waals surface area (Å²) in [5.41, 5.74) is 0. The van der Waals surface area contributed by atoms with E-state index in [1.165, 1.54) is 0 Å². The normalized spacial score (nSPS) is 8.80. The Balaban J connectivity index is -0.0000000500. The minimum atomic E-state index is -0.741. The molecule has 0 aliphatic rings. The summed E-state index contributed by atoms with van der Waals surface area (Å²) in [4.78, 5) is 38.8. The molecule has 25 heavy (non-hydrogen) atoms. The molecule has 0 aliphatic carbocycles. The van der Waals surface area contributed by atoms with Crippen molar-refractivity contribution in [1.29, 1.82) is 0 Å². The molecule has 0 aromatic heterocycles. The number of carbonyl (C=O) groups is 4. The zero-order valence-corrected chi connectivity index (χ0v) is 19.4. The van der Waals surface area contributed by atoms with E-state index in [4.69, 9.17) is 20.4 Å². The molecule has 9 heteroatoms. The van der Waals surface area contributed by atoms with Crippen molar-refractivity contribution in [2.24, 2.45) is 23.7 Å². The van der Waals surface area contributed by atoms with Crippen molar-refractivity contribution in [3.8, 4) is 0 Å². The third kappa shape index (κ3) is 45.0.